The maximum Gasteiger partial charge on any atom is 0.338 e. The van der Waals surface area contributed by atoms with Crippen LogP contribution in [0.3, 0.4) is 0 Å². The number of pyridine rings is 1. The second-order valence-corrected chi connectivity index (χ2v) is 5.88. The van der Waals surface area contributed by atoms with E-state index in [0.29, 0.717) is 12.2 Å². The number of nitrogens with zero attached hydrogens (tertiary/aromatic N) is 1. The molecule has 0 aliphatic carbocycles. The van der Waals surface area contributed by atoms with Crippen molar-refractivity contribution in [3.63, 3.8) is 0 Å². The van der Waals surface area contributed by atoms with Crippen molar-refractivity contribution in [2.24, 2.45) is 0 Å². The molecular weight excluding hydrogens is 310 g/mol. The molecular formula is C22H17NO2. The Balaban J connectivity index is 1.74. The highest BCUT2D eigenvalue weighted by molar-refractivity contribution is 6.07. The van der Waals surface area contributed by atoms with Gasteiger partial charge in [-0.25, -0.2) is 4.79 Å². The molecule has 0 saturated carbocycles. The number of benzene rings is 3. The number of rotatable bonds is 3. The van der Waals surface area contributed by atoms with Crippen LogP contribution in [-0.4, -0.2) is 17.6 Å². The Morgan fingerprint density at radius 3 is 2.48 bits per heavy atom. The highest BCUT2D eigenvalue weighted by Gasteiger charge is 2.08. The second kappa shape index (κ2) is 6.36. The van der Waals surface area contributed by atoms with Crippen molar-refractivity contribution in [1.82, 2.24) is 4.98 Å². The minimum Gasteiger partial charge on any atom is -0.462 e. The van der Waals surface area contributed by atoms with Crippen LogP contribution in [0.15, 0.2) is 72.9 Å². The highest BCUT2D eigenvalue weighted by Crippen LogP contribution is 2.28. The van der Waals surface area contributed by atoms with Gasteiger partial charge in [0.2, 0.25) is 0 Å². The molecule has 3 aromatic carbocycles. The summed E-state index contributed by atoms with van der Waals surface area (Å²) in [5.41, 5.74) is 2.42. The number of hydrogen-bond acceptors (Lipinski definition) is 3. The minimum atomic E-state index is -0.299. The van der Waals surface area contributed by atoms with Gasteiger partial charge in [0, 0.05) is 17.1 Å². The molecule has 4 rings (SSSR count). The monoisotopic (exact) mass is 327 g/mol. The first-order chi connectivity index (χ1) is 12.3. The van der Waals surface area contributed by atoms with Gasteiger partial charge >= 0.3 is 5.97 Å². The number of ether oxygens (including phenoxy) is 1. The van der Waals surface area contributed by atoms with Gasteiger partial charge in [0.1, 0.15) is 0 Å². The predicted octanol–water partition coefficient (Wildman–Crippen LogP) is 5.23. The molecule has 3 heteroatoms. The van der Waals surface area contributed by atoms with E-state index in [1.165, 1.54) is 10.8 Å². The molecule has 122 valence electrons. The average molecular weight is 327 g/mol. The van der Waals surface area contributed by atoms with Crippen LogP contribution in [0.2, 0.25) is 0 Å². The van der Waals surface area contributed by atoms with Gasteiger partial charge in [0.15, 0.2) is 0 Å². The van der Waals surface area contributed by atoms with E-state index >= 15 is 0 Å². The average Bonchev–Trinajstić information content (AvgIpc) is 2.68. The molecule has 0 amide bonds. The zero-order valence-corrected chi connectivity index (χ0v) is 13.9. The first kappa shape index (κ1) is 15.3. The third-order valence-corrected chi connectivity index (χ3v) is 4.32. The first-order valence-corrected chi connectivity index (χ1v) is 8.31. The third kappa shape index (κ3) is 2.85. The molecule has 0 fully saturated rings. The molecule has 0 spiro atoms. The summed E-state index contributed by atoms with van der Waals surface area (Å²) in [5.74, 6) is -0.299. The van der Waals surface area contributed by atoms with E-state index in [4.69, 9.17) is 4.74 Å². The van der Waals surface area contributed by atoms with Gasteiger partial charge < -0.3 is 4.74 Å². The van der Waals surface area contributed by atoms with Gasteiger partial charge in [-0.15, -0.1) is 0 Å². The van der Waals surface area contributed by atoms with Crippen molar-refractivity contribution in [3.8, 4) is 11.3 Å². The maximum atomic E-state index is 11.8. The fraction of sp³-hybridized carbons (Fsp3) is 0.0909. The third-order valence-electron chi connectivity index (χ3n) is 4.32. The van der Waals surface area contributed by atoms with Gasteiger partial charge in [-0.1, -0.05) is 48.5 Å². The van der Waals surface area contributed by atoms with Crippen LogP contribution in [0.4, 0.5) is 0 Å². The van der Waals surface area contributed by atoms with Crippen molar-refractivity contribution >= 4 is 27.5 Å². The van der Waals surface area contributed by atoms with Crippen LogP contribution in [0.5, 0.6) is 0 Å². The molecule has 1 heterocycles. The summed E-state index contributed by atoms with van der Waals surface area (Å²) in [5, 5.41) is 4.71. The fourth-order valence-electron chi connectivity index (χ4n) is 3.05. The van der Waals surface area contributed by atoms with Crippen LogP contribution < -0.4 is 0 Å². The molecule has 0 aliphatic heterocycles. The summed E-state index contributed by atoms with van der Waals surface area (Å²) in [6.45, 7) is 2.18. The van der Waals surface area contributed by atoms with Crippen molar-refractivity contribution in [3.05, 3.63) is 78.5 Å². The molecule has 3 nitrogen and oxygen atoms in total. The normalized spacial score (nSPS) is 10.9. The summed E-state index contributed by atoms with van der Waals surface area (Å²) >= 11 is 0. The van der Waals surface area contributed by atoms with E-state index < -0.39 is 0 Å². The van der Waals surface area contributed by atoms with E-state index in [9.17, 15) is 4.79 Å². The maximum absolute atomic E-state index is 11.8. The SMILES string of the molecule is CCOC(=O)c1ccc(-c2cc3ccc4ccccc4c3cn2)cc1. The van der Waals surface area contributed by atoms with E-state index in [1.807, 2.05) is 30.5 Å². The van der Waals surface area contributed by atoms with Crippen LogP contribution in [0.25, 0.3) is 32.8 Å². The second-order valence-electron chi connectivity index (χ2n) is 5.88. The highest BCUT2D eigenvalue weighted by atomic mass is 16.5. The first-order valence-electron chi connectivity index (χ1n) is 8.31. The topological polar surface area (TPSA) is 39.2 Å². The van der Waals surface area contributed by atoms with Gasteiger partial charge in [0.25, 0.3) is 0 Å². The zero-order chi connectivity index (χ0) is 17.2. The summed E-state index contributed by atoms with van der Waals surface area (Å²) < 4.78 is 5.02. The minimum absolute atomic E-state index is 0.299. The lowest BCUT2D eigenvalue weighted by molar-refractivity contribution is 0.0526. The number of esters is 1. The lowest BCUT2D eigenvalue weighted by Gasteiger charge is -2.07. The predicted molar refractivity (Wildman–Crippen MR) is 101 cm³/mol. The molecule has 0 radical (unpaired) electrons. The van der Waals surface area contributed by atoms with E-state index in [2.05, 4.69) is 35.3 Å². The Morgan fingerprint density at radius 1 is 0.920 bits per heavy atom. The summed E-state index contributed by atoms with van der Waals surface area (Å²) in [6, 6.07) is 22.0. The largest absolute Gasteiger partial charge is 0.462 e. The Labute approximate surface area is 145 Å². The zero-order valence-electron chi connectivity index (χ0n) is 13.9. The number of hydrogen-bond donors (Lipinski definition) is 0. The number of fused-ring (bicyclic) bond motifs is 3. The lowest BCUT2D eigenvalue weighted by Crippen LogP contribution is -2.04. The molecule has 0 saturated heterocycles. The molecule has 0 bridgehead atoms. The van der Waals surface area contributed by atoms with Gasteiger partial charge in [-0.2, -0.15) is 0 Å². The standard InChI is InChI=1S/C22H17NO2/c1-2-25-22(24)17-10-8-16(9-11-17)21-13-18-12-7-15-5-3-4-6-19(15)20(18)14-23-21/h3-14H,2H2,1H3. The molecule has 25 heavy (non-hydrogen) atoms. The van der Waals surface area contributed by atoms with Crippen LogP contribution >= 0.6 is 0 Å². The Hall–Kier alpha value is -3.20. The van der Waals surface area contributed by atoms with Gasteiger partial charge in [-0.05, 0) is 41.3 Å². The number of aromatic nitrogens is 1. The summed E-state index contributed by atoms with van der Waals surface area (Å²) in [4.78, 5) is 16.4. The molecule has 4 aromatic rings. The van der Waals surface area contributed by atoms with Gasteiger partial charge in [-0.3, -0.25) is 4.98 Å². The van der Waals surface area contributed by atoms with Crippen LogP contribution in [0, 0.1) is 0 Å². The van der Waals surface area contributed by atoms with E-state index in [1.54, 1.807) is 19.1 Å². The van der Waals surface area contributed by atoms with Crippen LogP contribution in [0.1, 0.15) is 17.3 Å². The van der Waals surface area contributed by atoms with Crippen LogP contribution in [-0.2, 0) is 4.74 Å². The fourth-order valence-corrected chi connectivity index (χ4v) is 3.05. The quantitative estimate of drug-likeness (QED) is 0.382. The Kier molecular flexibility index (Phi) is 3.90. The molecule has 0 N–H and O–H groups in total. The van der Waals surface area contributed by atoms with Crippen molar-refractivity contribution in [1.29, 1.82) is 0 Å². The lowest BCUT2D eigenvalue weighted by atomic mass is 10.0. The molecule has 0 unspecified atom stereocenters. The van der Waals surface area contributed by atoms with Gasteiger partial charge in [0.05, 0.1) is 17.9 Å². The van der Waals surface area contributed by atoms with E-state index in [0.717, 1.165) is 22.0 Å². The number of carbonyl (C=O) groups is 1. The van der Waals surface area contributed by atoms with Crippen molar-refractivity contribution in [2.75, 3.05) is 6.61 Å². The van der Waals surface area contributed by atoms with Crippen molar-refractivity contribution in [2.45, 2.75) is 6.92 Å². The Bertz CT molecular complexity index is 1070. The van der Waals surface area contributed by atoms with Crippen molar-refractivity contribution < 1.29 is 9.53 Å². The smallest absolute Gasteiger partial charge is 0.338 e. The molecule has 1 aromatic heterocycles. The summed E-state index contributed by atoms with van der Waals surface area (Å²) in [6.07, 6.45) is 1.92. The molecule has 0 aliphatic rings. The number of carbonyl (C=O) groups excluding carboxylic acids is 1. The summed E-state index contributed by atoms with van der Waals surface area (Å²) in [7, 11) is 0. The molecule has 0 atom stereocenters. The van der Waals surface area contributed by atoms with E-state index in [-0.39, 0.29) is 5.97 Å². The Morgan fingerprint density at radius 2 is 1.68 bits per heavy atom.